The fourth-order valence-electron chi connectivity index (χ4n) is 2.31. The van der Waals surface area contributed by atoms with Gasteiger partial charge in [-0.1, -0.05) is 33.6 Å². The topological polar surface area (TPSA) is 56.7 Å². The van der Waals surface area contributed by atoms with Crippen LogP contribution in [0.4, 0.5) is 5.82 Å². The van der Waals surface area contributed by atoms with Gasteiger partial charge in [0.25, 0.3) is 0 Å². The third-order valence-electron chi connectivity index (χ3n) is 3.39. The summed E-state index contributed by atoms with van der Waals surface area (Å²) < 4.78 is 2.68. The Hall–Kier alpha value is -2.14. The minimum Gasteiger partial charge on any atom is -0.383 e. The van der Waals surface area contributed by atoms with E-state index in [1.54, 1.807) is 10.9 Å². The summed E-state index contributed by atoms with van der Waals surface area (Å²) in [7, 11) is 1.84. The van der Waals surface area contributed by atoms with Crippen LogP contribution in [0.15, 0.2) is 47.1 Å². The van der Waals surface area contributed by atoms with Crippen LogP contribution in [0.2, 0.25) is 0 Å². The minimum atomic E-state index is 0.608. The molecule has 2 aromatic heterocycles. The molecule has 2 N–H and O–H groups in total. The van der Waals surface area contributed by atoms with E-state index in [1.807, 2.05) is 31.3 Å². The molecule has 0 atom stereocenters. The van der Waals surface area contributed by atoms with E-state index in [-0.39, 0.29) is 0 Å². The van der Waals surface area contributed by atoms with Crippen molar-refractivity contribution in [1.29, 1.82) is 0 Å². The molecule has 2 heterocycles. The number of halogens is 1. The maximum atomic E-state index is 6.21. The zero-order valence-corrected chi connectivity index (χ0v) is 13.4. The summed E-state index contributed by atoms with van der Waals surface area (Å²) in [6.45, 7) is 2.06. The molecule has 5 heteroatoms. The lowest BCUT2D eigenvalue weighted by Gasteiger charge is -2.06. The summed E-state index contributed by atoms with van der Waals surface area (Å²) in [5.74, 6) is 0.608. The predicted molar refractivity (Wildman–Crippen MR) is 88.7 cm³/mol. The van der Waals surface area contributed by atoms with E-state index in [9.17, 15) is 0 Å². The Bertz CT molecular complexity index is 794. The molecule has 21 heavy (non-hydrogen) atoms. The van der Waals surface area contributed by atoms with Crippen molar-refractivity contribution in [3.63, 3.8) is 0 Å². The molecule has 0 aliphatic rings. The monoisotopic (exact) mass is 342 g/mol. The van der Waals surface area contributed by atoms with Gasteiger partial charge in [-0.25, -0.2) is 0 Å². The molecule has 0 saturated heterocycles. The summed E-state index contributed by atoms with van der Waals surface area (Å²) in [6.07, 6.45) is 1.76. The standard InChI is InChI=1S/C16H15BrN4/c1-10-6-7-12(17)11(9-10)15-14(16(18)21(2)20-15)13-5-3-4-8-19-13/h3-9H,18H2,1-2H3. The Labute approximate surface area is 131 Å². The normalized spacial score (nSPS) is 10.8. The Morgan fingerprint density at radius 3 is 2.71 bits per heavy atom. The van der Waals surface area contributed by atoms with Crippen LogP contribution in [0.25, 0.3) is 22.5 Å². The molecule has 0 radical (unpaired) electrons. The van der Waals surface area contributed by atoms with Crippen LogP contribution < -0.4 is 5.73 Å². The zero-order valence-electron chi connectivity index (χ0n) is 11.8. The van der Waals surface area contributed by atoms with Gasteiger partial charge in [0.05, 0.1) is 11.3 Å². The van der Waals surface area contributed by atoms with Crippen LogP contribution in [0.5, 0.6) is 0 Å². The number of aryl methyl sites for hydroxylation is 2. The van der Waals surface area contributed by atoms with Gasteiger partial charge in [-0.2, -0.15) is 5.10 Å². The Kier molecular flexibility index (Phi) is 3.51. The van der Waals surface area contributed by atoms with Crippen LogP contribution in [0.1, 0.15) is 5.56 Å². The lowest BCUT2D eigenvalue weighted by molar-refractivity contribution is 0.782. The van der Waals surface area contributed by atoms with Gasteiger partial charge in [0, 0.05) is 23.3 Å². The third kappa shape index (κ3) is 2.45. The second kappa shape index (κ2) is 5.33. The van der Waals surface area contributed by atoms with Gasteiger partial charge in [-0.05, 0) is 31.2 Å². The molecule has 3 aromatic rings. The van der Waals surface area contributed by atoms with Gasteiger partial charge in [0.2, 0.25) is 0 Å². The van der Waals surface area contributed by atoms with Crippen molar-refractivity contribution < 1.29 is 0 Å². The number of hydrogen-bond acceptors (Lipinski definition) is 3. The van der Waals surface area contributed by atoms with Crippen molar-refractivity contribution in [2.45, 2.75) is 6.92 Å². The number of aromatic nitrogens is 3. The second-order valence-corrected chi connectivity index (χ2v) is 5.79. The van der Waals surface area contributed by atoms with Gasteiger partial charge < -0.3 is 5.73 Å². The van der Waals surface area contributed by atoms with E-state index in [0.717, 1.165) is 27.0 Å². The molecule has 0 unspecified atom stereocenters. The summed E-state index contributed by atoms with van der Waals surface area (Å²) in [5.41, 5.74) is 10.9. The molecule has 106 valence electrons. The first-order valence-corrected chi connectivity index (χ1v) is 7.37. The molecule has 0 amide bonds. The number of nitrogens with two attached hydrogens (primary N) is 1. The average molecular weight is 343 g/mol. The fraction of sp³-hybridized carbons (Fsp3) is 0.125. The highest BCUT2D eigenvalue weighted by Gasteiger charge is 2.19. The predicted octanol–water partition coefficient (Wildman–Crippen LogP) is 3.80. The van der Waals surface area contributed by atoms with Gasteiger partial charge in [-0.3, -0.25) is 9.67 Å². The fourth-order valence-corrected chi connectivity index (χ4v) is 2.74. The second-order valence-electron chi connectivity index (χ2n) is 4.93. The number of benzene rings is 1. The molecule has 0 spiro atoms. The summed E-state index contributed by atoms with van der Waals surface area (Å²) >= 11 is 3.60. The lowest BCUT2D eigenvalue weighted by atomic mass is 10.0. The van der Waals surface area contributed by atoms with Gasteiger partial charge in [-0.15, -0.1) is 0 Å². The molecular weight excluding hydrogens is 328 g/mol. The van der Waals surface area contributed by atoms with E-state index in [2.05, 4.69) is 45.1 Å². The number of pyridine rings is 1. The molecule has 3 rings (SSSR count). The molecule has 1 aromatic carbocycles. The first kappa shape index (κ1) is 13.8. The molecule has 0 aliphatic carbocycles. The number of nitrogen functional groups attached to an aromatic ring is 1. The lowest BCUT2D eigenvalue weighted by Crippen LogP contribution is -1.98. The van der Waals surface area contributed by atoms with Crippen molar-refractivity contribution in [2.75, 3.05) is 5.73 Å². The van der Waals surface area contributed by atoms with Crippen molar-refractivity contribution in [2.24, 2.45) is 7.05 Å². The zero-order chi connectivity index (χ0) is 15.0. The van der Waals surface area contributed by atoms with E-state index in [0.29, 0.717) is 5.82 Å². The highest BCUT2D eigenvalue weighted by atomic mass is 79.9. The van der Waals surface area contributed by atoms with Crippen LogP contribution in [0.3, 0.4) is 0 Å². The average Bonchev–Trinajstić information content (AvgIpc) is 2.78. The summed E-state index contributed by atoms with van der Waals surface area (Å²) in [5, 5.41) is 4.58. The maximum absolute atomic E-state index is 6.21. The Balaban J connectivity index is 2.29. The van der Waals surface area contributed by atoms with Crippen LogP contribution in [0, 0.1) is 6.92 Å². The molecular formula is C16H15BrN4. The smallest absolute Gasteiger partial charge is 0.131 e. The van der Waals surface area contributed by atoms with E-state index >= 15 is 0 Å². The van der Waals surface area contributed by atoms with E-state index < -0.39 is 0 Å². The maximum Gasteiger partial charge on any atom is 0.131 e. The van der Waals surface area contributed by atoms with Crippen molar-refractivity contribution in [3.8, 4) is 22.5 Å². The Morgan fingerprint density at radius 1 is 1.19 bits per heavy atom. The summed E-state index contributed by atoms with van der Waals surface area (Å²) in [4.78, 5) is 4.41. The van der Waals surface area contributed by atoms with Crippen molar-refractivity contribution in [3.05, 3.63) is 52.6 Å². The van der Waals surface area contributed by atoms with Crippen molar-refractivity contribution in [1.82, 2.24) is 14.8 Å². The highest BCUT2D eigenvalue weighted by molar-refractivity contribution is 9.10. The molecule has 4 nitrogen and oxygen atoms in total. The largest absolute Gasteiger partial charge is 0.383 e. The third-order valence-corrected chi connectivity index (χ3v) is 4.08. The first-order chi connectivity index (χ1) is 10.1. The van der Waals surface area contributed by atoms with Gasteiger partial charge in [0.1, 0.15) is 11.5 Å². The van der Waals surface area contributed by atoms with E-state index in [4.69, 9.17) is 5.73 Å². The van der Waals surface area contributed by atoms with Gasteiger partial charge in [0.15, 0.2) is 0 Å². The number of hydrogen-bond donors (Lipinski definition) is 1. The number of rotatable bonds is 2. The molecule has 0 bridgehead atoms. The SMILES string of the molecule is Cc1ccc(Br)c(-c2nn(C)c(N)c2-c2ccccn2)c1. The Morgan fingerprint density at radius 2 is 2.00 bits per heavy atom. The first-order valence-electron chi connectivity index (χ1n) is 6.58. The molecule has 0 aliphatic heterocycles. The van der Waals surface area contributed by atoms with Crippen LogP contribution in [-0.2, 0) is 7.05 Å². The number of nitrogens with zero attached hydrogens (tertiary/aromatic N) is 3. The van der Waals surface area contributed by atoms with Crippen molar-refractivity contribution >= 4 is 21.7 Å². The summed E-state index contributed by atoms with van der Waals surface area (Å²) in [6, 6.07) is 12.0. The highest BCUT2D eigenvalue weighted by Crippen LogP contribution is 2.38. The molecule has 0 saturated carbocycles. The van der Waals surface area contributed by atoms with Crippen LogP contribution in [-0.4, -0.2) is 14.8 Å². The van der Waals surface area contributed by atoms with Crippen LogP contribution >= 0.6 is 15.9 Å². The number of anilines is 1. The van der Waals surface area contributed by atoms with E-state index in [1.165, 1.54) is 5.56 Å². The van der Waals surface area contributed by atoms with Gasteiger partial charge >= 0.3 is 0 Å². The quantitative estimate of drug-likeness (QED) is 0.770. The molecule has 0 fully saturated rings. The minimum absolute atomic E-state index is 0.608.